The molecule has 2 aromatic carbocycles. The molecule has 1 amide bonds. The third-order valence-electron chi connectivity index (χ3n) is 4.83. The van der Waals surface area contributed by atoms with Gasteiger partial charge in [0.2, 0.25) is 5.95 Å². The first kappa shape index (κ1) is 22.3. The Balaban J connectivity index is 1.42. The van der Waals surface area contributed by atoms with Crippen LogP contribution in [-0.2, 0) is 6.42 Å². The number of nitrogens with zero attached hydrogens (tertiary/aromatic N) is 4. The van der Waals surface area contributed by atoms with E-state index in [2.05, 4.69) is 35.5 Å². The Morgan fingerprint density at radius 1 is 0.909 bits per heavy atom. The van der Waals surface area contributed by atoms with E-state index in [0.717, 1.165) is 47.1 Å². The summed E-state index contributed by atoms with van der Waals surface area (Å²) < 4.78 is 3.91. The van der Waals surface area contributed by atoms with Gasteiger partial charge in [-0.3, -0.25) is 4.79 Å². The van der Waals surface area contributed by atoms with Crippen molar-refractivity contribution in [3.63, 3.8) is 0 Å². The molecule has 0 aliphatic heterocycles. The fourth-order valence-electron chi connectivity index (χ4n) is 3.21. The summed E-state index contributed by atoms with van der Waals surface area (Å²) in [5.41, 5.74) is 5.24. The fraction of sp³-hybridized carbons (Fsp3) is 0.208. The molecule has 0 aliphatic rings. The predicted molar refractivity (Wildman–Crippen MR) is 133 cm³/mol. The highest BCUT2D eigenvalue weighted by Gasteiger charge is 2.15. The minimum Gasteiger partial charge on any atom is -0.340 e. The van der Waals surface area contributed by atoms with E-state index in [0.29, 0.717) is 22.3 Å². The third-order valence-corrected chi connectivity index (χ3v) is 5.59. The van der Waals surface area contributed by atoms with Crippen molar-refractivity contribution < 1.29 is 4.79 Å². The lowest BCUT2D eigenvalue weighted by Gasteiger charge is -2.11. The highest BCUT2D eigenvalue weighted by Crippen LogP contribution is 2.22. The summed E-state index contributed by atoms with van der Waals surface area (Å²) >= 11 is 1.12. The lowest BCUT2D eigenvalue weighted by molar-refractivity contribution is 0.102. The van der Waals surface area contributed by atoms with Crippen LogP contribution in [0.25, 0.3) is 0 Å². The van der Waals surface area contributed by atoms with Gasteiger partial charge in [-0.05, 0) is 68.2 Å². The molecule has 4 rings (SSSR count). The van der Waals surface area contributed by atoms with Gasteiger partial charge >= 0.3 is 0 Å². The Hall–Kier alpha value is -3.85. The van der Waals surface area contributed by atoms with Crippen LogP contribution in [0.1, 0.15) is 40.0 Å². The van der Waals surface area contributed by atoms with Crippen LogP contribution >= 0.6 is 11.5 Å². The van der Waals surface area contributed by atoms with Crippen molar-refractivity contribution in [3.8, 4) is 0 Å². The molecule has 9 heteroatoms. The summed E-state index contributed by atoms with van der Waals surface area (Å²) in [5.74, 6) is 1.01. The maximum Gasteiger partial charge on any atom is 0.269 e. The second-order valence-corrected chi connectivity index (χ2v) is 8.42. The molecule has 0 radical (unpaired) electrons. The first-order valence-corrected chi connectivity index (χ1v) is 11.5. The number of rotatable bonds is 8. The number of hydrogen-bond donors (Lipinski definition) is 3. The average molecular weight is 460 g/mol. The fourth-order valence-corrected chi connectivity index (χ4v) is 3.81. The van der Waals surface area contributed by atoms with E-state index in [1.807, 2.05) is 75.4 Å². The molecule has 0 fully saturated rings. The normalized spacial score (nSPS) is 10.6. The molecule has 0 saturated heterocycles. The number of aryl methyl sites for hydroxylation is 3. The molecular formula is C24H25N7OS. The maximum atomic E-state index is 12.6. The molecule has 0 saturated carbocycles. The quantitative estimate of drug-likeness (QED) is 0.313. The Bertz CT molecular complexity index is 1240. The van der Waals surface area contributed by atoms with Crippen molar-refractivity contribution in [3.05, 3.63) is 76.4 Å². The van der Waals surface area contributed by atoms with Crippen molar-refractivity contribution in [1.82, 2.24) is 19.6 Å². The summed E-state index contributed by atoms with van der Waals surface area (Å²) in [4.78, 5) is 22.2. The van der Waals surface area contributed by atoms with E-state index in [-0.39, 0.29) is 5.91 Å². The van der Waals surface area contributed by atoms with Crippen molar-refractivity contribution >= 4 is 46.3 Å². The molecule has 4 aromatic rings. The Kier molecular flexibility index (Phi) is 6.89. The maximum absolute atomic E-state index is 12.6. The standard InChI is InChI=1S/C24H25N7OS/c1-4-5-20-22(33-31-30-20)23(32)27-18-12-10-17(11-13-18)26-21-14-16(3)25-24(29-21)28-19-8-6-15(2)7-9-19/h6-14H,4-5H2,1-3H3,(H,27,32)(H2,25,26,28,29). The van der Waals surface area contributed by atoms with Gasteiger partial charge in [-0.25, -0.2) is 4.98 Å². The van der Waals surface area contributed by atoms with Crippen LogP contribution in [0, 0.1) is 13.8 Å². The summed E-state index contributed by atoms with van der Waals surface area (Å²) in [6, 6.07) is 17.4. The van der Waals surface area contributed by atoms with Crippen LogP contribution in [-0.4, -0.2) is 25.5 Å². The molecule has 2 heterocycles. The molecule has 2 aromatic heterocycles. The Morgan fingerprint density at radius 3 is 2.30 bits per heavy atom. The van der Waals surface area contributed by atoms with Crippen LogP contribution in [0.5, 0.6) is 0 Å². The molecule has 0 unspecified atom stereocenters. The molecule has 0 aliphatic carbocycles. The van der Waals surface area contributed by atoms with E-state index in [4.69, 9.17) is 0 Å². The molecule has 0 bridgehead atoms. The first-order valence-electron chi connectivity index (χ1n) is 10.7. The van der Waals surface area contributed by atoms with Crippen LogP contribution in [0.4, 0.5) is 28.8 Å². The monoisotopic (exact) mass is 459 g/mol. The van der Waals surface area contributed by atoms with Gasteiger partial charge in [0, 0.05) is 28.8 Å². The smallest absolute Gasteiger partial charge is 0.269 e. The first-order chi connectivity index (χ1) is 16.0. The number of hydrogen-bond acceptors (Lipinski definition) is 8. The van der Waals surface area contributed by atoms with E-state index < -0.39 is 0 Å². The third kappa shape index (κ3) is 5.89. The van der Waals surface area contributed by atoms with Crippen molar-refractivity contribution in [1.29, 1.82) is 0 Å². The number of benzene rings is 2. The van der Waals surface area contributed by atoms with Gasteiger partial charge in [0.05, 0.1) is 5.69 Å². The zero-order chi connectivity index (χ0) is 23.2. The average Bonchev–Trinajstić information content (AvgIpc) is 3.25. The summed E-state index contributed by atoms with van der Waals surface area (Å²) in [5, 5.41) is 13.5. The lowest BCUT2D eigenvalue weighted by Crippen LogP contribution is -2.12. The van der Waals surface area contributed by atoms with E-state index in [9.17, 15) is 4.79 Å². The van der Waals surface area contributed by atoms with Gasteiger partial charge in [0.15, 0.2) is 0 Å². The number of aromatic nitrogens is 4. The molecular weight excluding hydrogens is 434 g/mol. The van der Waals surface area contributed by atoms with Gasteiger partial charge in [-0.2, -0.15) is 4.98 Å². The van der Waals surface area contributed by atoms with Crippen LogP contribution < -0.4 is 16.0 Å². The van der Waals surface area contributed by atoms with Gasteiger partial charge in [-0.15, -0.1) is 5.10 Å². The van der Waals surface area contributed by atoms with Crippen molar-refractivity contribution in [2.75, 3.05) is 16.0 Å². The highest BCUT2D eigenvalue weighted by atomic mass is 32.1. The number of amides is 1. The van der Waals surface area contributed by atoms with E-state index >= 15 is 0 Å². The second kappa shape index (κ2) is 10.2. The van der Waals surface area contributed by atoms with E-state index in [1.54, 1.807) is 0 Å². The lowest BCUT2D eigenvalue weighted by atomic mass is 10.2. The van der Waals surface area contributed by atoms with Gasteiger partial charge in [-0.1, -0.05) is 35.5 Å². The second-order valence-electron chi connectivity index (χ2n) is 7.66. The molecule has 168 valence electrons. The summed E-state index contributed by atoms with van der Waals surface area (Å²) in [7, 11) is 0. The Labute approximate surface area is 196 Å². The van der Waals surface area contributed by atoms with Crippen molar-refractivity contribution in [2.24, 2.45) is 0 Å². The van der Waals surface area contributed by atoms with Gasteiger partial charge < -0.3 is 16.0 Å². The summed E-state index contributed by atoms with van der Waals surface area (Å²) in [6.45, 7) is 6.02. The molecule has 8 nitrogen and oxygen atoms in total. The molecule has 3 N–H and O–H groups in total. The van der Waals surface area contributed by atoms with Gasteiger partial charge in [0.25, 0.3) is 5.91 Å². The SMILES string of the molecule is CCCc1nnsc1C(=O)Nc1ccc(Nc2cc(C)nc(Nc3ccc(C)cc3)n2)cc1. The molecule has 0 spiro atoms. The van der Waals surface area contributed by atoms with Gasteiger partial charge in [0.1, 0.15) is 10.7 Å². The number of nitrogens with one attached hydrogen (secondary N) is 3. The number of carbonyl (C=O) groups excluding carboxylic acids is 1. The highest BCUT2D eigenvalue weighted by molar-refractivity contribution is 7.08. The summed E-state index contributed by atoms with van der Waals surface area (Å²) in [6.07, 6.45) is 1.65. The van der Waals surface area contributed by atoms with Crippen LogP contribution in [0.3, 0.4) is 0 Å². The van der Waals surface area contributed by atoms with Crippen LogP contribution in [0.2, 0.25) is 0 Å². The molecule has 0 atom stereocenters. The minimum atomic E-state index is -0.188. The topological polar surface area (TPSA) is 105 Å². The van der Waals surface area contributed by atoms with E-state index in [1.165, 1.54) is 5.56 Å². The number of carbonyl (C=O) groups is 1. The number of anilines is 5. The Morgan fingerprint density at radius 2 is 1.58 bits per heavy atom. The molecule has 33 heavy (non-hydrogen) atoms. The van der Waals surface area contributed by atoms with Crippen LogP contribution in [0.15, 0.2) is 54.6 Å². The zero-order valence-electron chi connectivity index (χ0n) is 18.7. The predicted octanol–water partition coefficient (Wildman–Crippen LogP) is 5.64. The van der Waals surface area contributed by atoms with Crippen molar-refractivity contribution in [2.45, 2.75) is 33.6 Å². The largest absolute Gasteiger partial charge is 0.340 e. The zero-order valence-corrected chi connectivity index (χ0v) is 19.5. The minimum absolute atomic E-state index is 0.188.